The Balaban J connectivity index is 0.00000341. The van der Waals surface area contributed by atoms with Gasteiger partial charge in [-0.15, -0.1) is 24.0 Å². The van der Waals surface area contributed by atoms with E-state index in [1.807, 2.05) is 31.2 Å². The minimum absolute atomic E-state index is 0. The van der Waals surface area contributed by atoms with Crippen LogP contribution in [0.5, 0.6) is 0 Å². The summed E-state index contributed by atoms with van der Waals surface area (Å²) in [6, 6.07) is 14.8. The molecule has 0 aliphatic heterocycles. The van der Waals surface area contributed by atoms with Gasteiger partial charge in [0.2, 0.25) is 5.89 Å². The molecule has 0 bridgehead atoms. The van der Waals surface area contributed by atoms with Crippen LogP contribution < -0.4 is 16.0 Å². The third kappa shape index (κ3) is 7.55. The second-order valence-electron chi connectivity index (χ2n) is 6.63. The van der Waals surface area contributed by atoms with Gasteiger partial charge < -0.3 is 20.4 Å². The van der Waals surface area contributed by atoms with E-state index in [-0.39, 0.29) is 29.9 Å². The molecule has 0 atom stereocenters. The fourth-order valence-corrected chi connectivity index (χ4v) is 2.80. The van der Waals surface area contributed by atoms with Crippen LogP contribution in [0.1, 0.15) is 21.6 Å². The number of rotatable bonds is 7. The zero-order valence-corrected chi connectivity index (χ0v) is 20.4. The molecule has 3 N–H and O–H groups in total. The molecule has 164 valence electrons. The SMILES string of the molecule is CN=C(NCCNC(=O)c1ccc(Cl)cc1)NCc1coc(-c2ccc(C)cc2)n1.I. The first-order valence-electron chi connectivity index (χ1n) is 9.55. The van der Waals surface area contributed by atoms with Gasteiger partial charge in [-0.2, -0.15) is 0 Å². The molecule has 0 saturated carbocycles. The number of nitrogens with one attached hydrogen (secondary N) is 3. The number of aromatic nitrogens is 1. The van der Waals surface area contributed by atoms with Crippen LogP contribution in [0.15, 0.2) is 64.2 Å². The number of oxazole rings is 1. The maximum absolute atomic E-state index is 12.1. The van der Waals surface area contributed by atoms with E-state index in [4.69, 9.17) is 16.0 Å². The molecule has 1 amide bonds. The van der Waals surface area contributed by atoms with Crippen LogP contribution in [-0.2, 0) is 6.54 Å². The van der Waals surface area contributed by atoms with Gasteiger partial charge in [-0.05, 0) is 43.3 Å². The van der Waals surface area contributed by atoms with Crippen molar-refractivity contribution in [2.45, 2.75) is 13.5 Å². The molecule has 1 heterocycles. The maximum Gasteiger partial charge on any atom is 0.251 e. The van der Waals surface area contributed by atoms with Gasteiger partial charge in [-0.1, -0.05) is 29.3 Å². The van der Waals surface area contributed by atoms with E-state index in [1.165, 1.54) is 5.56 Å². The van der Waals surface area contributed by atoms with Gasteiger partial charge in [0.15, 0.2) is 5.96 Å². The lowest BCUT2D eigenvalue weighted by molar-refractivity contribution is 0.0954. The summed E-state index contributed by atoms with van der Waals surface area (Å²) < 4.78 is 5.56. The number of carbonyl (C=O) groups excluding carboxylic acids is 1. The Morgan fingerprint density at radius 1 is 1.03 bits per heavy atom. The number of nitrogens with zero attached hydrogens (tertiary/aromatic N) is 2. The van der Waals surface area contributed by atoms with Crippen LogP contribution in [0, 0.1) is 6.92 Å². The fraction of sp³-hybridized carbons (Fsp3) is 0.227. The molecule has 0 aliphatic rings. The van der Waals surface area contributed by atoms with E-state index in [0.717, 1.165) is 11.3 Å². The molecular weight excluding hydrogens is 529 g/mol. The maximum atomic E-state index is 12.1. The number of hydrogen-bond donors (Lipinski definition) is 3. The molecule has 31 heavy (non-hydrogen) atoms. The average Bonchev–Trinajstić information content (AvgIpc) is 3.23. The van der Waals surface area contributed by atoms with Crippen molar-refractivity contribution in [3.63, 3.8) is 0 Å². The van der Waals surface area contributed by atoms with E-state index >= 15 is 0 Å². The topological polar surface area (TPSA) is 91.5 Å². The quantitative estimate of drug-likeness (QED) is 0.178. The lowest BCUT2D eigenvalue weighted by Gasteiger charge is -2.11. The molecule has 3 aromatic rings. The third-order valence-electron chi connectivity index (χ3n) is 4.32. The third-order valence-corrected chi connectivity index (χ3v) is 4.57. The van der Waals surface area contributed by atoms with Gasteiger partial charge in [0.05, 0.1) is 12.2 Å². The molecule has 2 aromatic carbocycles. The number of aliphatic imine (C=N–C) groups is 1. The van der Waals surface area contributed by atoms with Crippen molar-refractivity contribution in [2.75, 3.05) is 20.1 Å². The Morgan fingerprint density at radius 2 is 1.71 bits per heavy atom. The van der Waals surface area contributed by atoms with E-state index in [9.17, 15) is 4.79 Å². The minimum atomic E-state index is -0.150. The predicted octanol–water partition coefficient (Wildman–Crippen LogP) is 4.02. The van der Waals surface area contributed by atoms with E-state index in [2.05, 4.69) is 25.9 Å². The zero-order chi connectivity index (χ0) is 21.3. The first kappa shape index (κ1) is 24.7. The Kier molecular flexibility index (Phi) is 9.80. The predicted molar refractivity (Wildman–Crippen MR) is 134 cm³/mol. The number of halogens is 2. The molecule has 0 aliphatic carbocycles. The van der Waals surface area contributed by atoms with Crippen molar-refractivity contribution in [1.29, 1.82) is 0 Å². The van der Waals surface area contributed by atoms with Crippen molar-refractivity contribution in [2.24, 2.45) is 4.99 Å². The normalized spacial score (nSPS) is 10.9. The Hall–Kier alpha value is -2.59. The summed E-state index contributed by atoms with van der Waals surface area (Å²) in [5.74, 6) is 1.04. The van der Waals surface area contributed by atoms with Crippen LogP contribution in [0.3, 0.4) is 0 Å². The number of aryl methyl sites for hydroxylation is 1. The molecule has 3 rings (SSSR count). The van der Waals surface area contributed by atoms with E-state index in [0.29, 0.717) is 42.1 Å². The average molecular weight is 554 g/mol. The zero-order valence-electron chi connectivity index (χ0n) is 17.3. The van der Waals surface area contributed by atoms with Gasteiger partial charge in [-0.3, -0.25) is 9.79 Å². The highest BCUT2D eigenvalue weighted by molar-refractivity contribution is 14.0. The van der Waals surface area contributed by atoms with Crippen molar-refractivity contribution in [3.05, 3.63) is 76.6 Å². The van der Waals surface area contributed by atoms with E-state index in [1.54, 1.807) is 37.6 Å². The first-order valence-corrected chi connectivity index (χ1v) is 9.92. The molecule has 0 unspecified atom stereocenters. The molecule has 7 nitrogen and oxygen atoms in total. The summed E-state index contributed by atoms with van der Waals surface area (Å²) >= 11 is 5.83. The van der Waals surface area contributed by atoms with Crippen LogP contribution in [-0.4, -0.2) is 37.0 Å². The van der Waals surface area contributed by atoms with Crippen LogP contribution >= 0.6 is 35.6 Å². The summed E-state index contributed by atoms with van der Waals surface area (Å²) in [5.41, 5.74) is 3.46. The Morgan fingerprint density at radius 3 is 2.39 bits per heavy atom. The summed E-state index contributed by atoms with van der Waals surface area (Å²) in [6.07, 6.45) is 1.63. The van der Waals surface area contributed by atoms with Crippen molar-refractivity contribution in [3.8, 4) is 11.5 Å². The number of hydrogen-bond acceptors (Lipinski definition) is 4. The highest BCUT2D eigenvalue weighted by atomic mass is 127. The smallest absolute Gasteiger partial charge is 0.251 e. The Labute approximate surface area is 203 Å². The second kappa shape index (κ2) is 12.3. The van der Waals surface area contributed by atoms with E-state index < -0.39 is 0 Å². The molecule has 0 spiro atoms. The van der Waals surface area contributed by atoms with Gasteiger partial charge in [0.25, 0.3) is 5.91 Å². The molecule has 0 fully saturated rings. The molecule has 0 radical (unpaired) electrons. The van der Waals surface area contributed by atoms with Gasteiger partial charge in [-0.25, -0.2) is 4.98 Å². The number of guanidine groups is 1. The van der Waals surface area contributed by atoms with Crippen LogP contribution in [0.2, 0.25) is 5.02 Å². The van der Waals surface area contributed by atoms with Crippen molar-refractivity contribution >= 4 is 47.4 Å². The molecule has 0 saturated heterocycles. The minimum Gasteiger partial charge on any atom is -0.444 e. The summed E-state index contributed by atoms with van der Waals surface area (Å²) in [5, 5.41) is 9.76. The van der Waals surface area contributed by atoms with Crippen molar-refractivity contribution < 1.29 is 9.21 Å². The summed E-state index contributed by atoms with van der Waals surface area (Å²) in [4.78, 5) is 20.7. The van der Waals surface area contributed by atoms with Gasteiger partial charge >= 0.3 is 0 Å². The second-order valence-corrected chi connectivity index (χ2v) is 7.06. The van der Waals surface area contributed by atoms with Crippen LogP contribution in [0.4, 0.5) is 0 Å². The largest absolute Gasteiger partial charge is 0.444 e. The van der Waals surface area contributed by atoms with Crippen LogP contribution in [0.25, 0.3) is 11.5 Å². The molecular formula is C22H25ClIN5O2. The summed E-state index contributed by atoms with van der Waals surface area (Å²) in [6.45, 7) is 3.47. The lowest BCUT2D eigenvalue weighted by Crippen LogP contribution is -2.41. The highest BCUT2D eigenvalue weighted by Crippen LogP contribution is 2.19. The standard InChI is InChI=1S/C22H24ClN5O2.HI/c1-15-3-5-17(6-4-15)21-28-19(14-30-21)13-27-22(24-2)26-12-11-25-20(29)16-7-9-18(23)10-8-16;/h3-10,14H,11-13H2,1-2H3,(H,25,29)(H2,24,26,27);1H. The van der Waals surface area contributed by atoms with Gasteiger partial charge in [0.1, 0.15) is 6.26 Å². The highest BCUT2D eigenvalue weighted by Gasteiger charge is 2.08. The monoisotopic (exact) mass is 553 g/mol. The molecule has 1 aromatic heterocycles. The molecule has 9 heteroatoms. The van der Waals surface area contributed by atoms with Gasteiger partial charge in [0, 0.05) is 36.3 Å². The number of amides is 1. The van der Waals surface area contributed by atoms with Crippen molar-refractivity contribution in [1.82, 2.24) is 20.9 Å². The first-order chi connectivity index (χ1) is 14.5. The fourth-order valence-electron chi connectivity index (χ4n) is 2.67. The number of benzene rings is 2. The summed E-state index contributed by atoms with van der Waals surface area (Å²) in [7, 11) is 1.68. The number of carbonyl (C=O) groups is 1. The Bertz CT molecular complexity index is 1000. The lowest BCUT2D eigenvalue weighted by atomic mass is 10.1.